The molecule has 1 aromatic rings. The summed E-state index contributed by atoms with van der Waals surface area (Å²) >= 11 is 0. The van der Waals surface area contributed by atoms with Crippen LogP contribution in [0.4, 0.5) is 4.39 Å². The molecule has 16 heavy (non-hydrogen) atoms. The molecule has 0 heterocycles. The average molecular weight is 223 g/mol. The Kier molecular flexibility index (Phi) is 3.86. The van der Waals surface area contributed by atoms with E-state index >= 15 is 0 Å². The Bertz CT molecular complexity index is 439. The Balaban J connectivity index is 2.97. The van der Waals surface area contributed by atoms with Gasteiger partial charge in [0.05, 0.1) is 6.54 Å². The molecule has 0 bridgehead atoms. The van der Waals surface area contributed by atoms with Gasteiger partial charge in [0.15, 0.2) is 11.6 Å². The first kappa shape index (κ1) is 12.0. The van der Waals surface area contributed by atoms with Gasteiger partial charge >= 0.3 is 5.97 Å². The number of aliphatic carboxylic acids is 1. The maximum Gasteiger partial charge on any atom is 0.325 e. The number of halogens is 1. The Morgan fingerprint density at radius 1 is 1.62 bits per heavy atom. The zero-order chi connectivity index (χ0) is 12.1. The van der Waals surface area contributed by atoms with Crippen LogP contribution >= 0.6 is 0 Å². The van der Waals surface area contributed by atoms with Gasteiger partial charge in [-0.05, 0) is 17.7 Å². The Morgan fingerprint density at radius 2 is 2.31 bits per heavy atom. The fraction of sp³-hybridized carbons (Fsp3) is 0.182. The SMILES string of the molecule is C#CCNC(C(=O)O)c1ccc(O)c(F)c1. The van der Waals surface area contributed by atoms with Crippen LogP contribution in [0.15, 0.2) is 18.2 Å². The molecule has 0 amide bonds. The average Bonchev–Trinajstić information content (AvgIpc) is 2.23. The van der Waals surface area contributed by atoms with Crippen LogP contribution in [-0.2, 0) is 4.79 Å². The van der Waals surface area contributed by atoms with E-state index < -0.39 is 23.6 Å². The number of aromatic hydroxyl groups is 1. The molecule has 0 aliphatic carbocycles. The van der Waals surface area contributed by atoms with Gasteiger partial charge in [-0.2, -0.15) is 0 Å². The van der Waals surface area contributed by atoms with E-state index in [0.29, 0.717) is 0 Å². The number of carbonyl (C=O) groups is 1. The van der Waals surface area contributed by atoms with E-state index in [-0.39, 0.29) is 12.1 Å². The molecule has 4 nitrogen and oxygen atoms in total. The molecule has 1 rings (SSSR count). The lowest BCUT2D eigenvalue weighted by Gasteiger charge is -2.13. The highest BCUT2D eigenvalue weighted by molar-refractivity contribution is 5.75. The Morgan fingerprint density at radius 3 is 2.81 bits per heavy atom. The second-order valence-corrected chi connectivity index (χ2v) is 3.07. The molecule has 0 saturated carbocycles. The summed E-state index contributed by atoms with van der Waals surface area (Å²) in [6, 6.07) is 2.28. The van der Waals surface area contributed by atoms with Crippen molar-refractivity contribution in [2.45, 2.75) is 6.04 Å². The van der Waals surface area contributed by atoms with Crippen molar-refractivity contribution in [3.05, 3.63) is 29.6 Å². The molecule has 5 heteroatoms. The quantitative estimate of drug-likeness (QED) is 0.663. The van der Waals surface area contributed by atoms with Gasteiger partial charge < -0.3 is 10.2 Å². The largest absolute Gasteiger partial charge is 0.505 e. The van der Waals surface area contributed by atoms with E-state index in [0.717, 1.165) is 12.1 Å². The second-order valence-electron chi connectivity index (χ2n) is 3.07. The molecule has 3 N–H and O–H groups in total. The standard InChI is InChI=1S/C11H10FNO3/c1-2-5-13-10(11(15)16)7-3-4-9(14)8(12)6-7/h1,3-4,6,10,13-14H,5H2,(H,15,16). The van der Waals surface area contributed by atoms with Gasteiger partial charge in [-0.1, -0.05) is 12.0 Å². The molecule has 1 unspecified atom stereocenters. The molecule has 1 atom stereocenters. The van der Waals surface area contributed by atoms with Crippen LogP contribution in [0.3, 0.4) is 0 Å². The van der Waals surface area contributed by atoms with Crippen LogP contribution in [0.2, 0.25) is 0 Å². The highest BCUT2D eigenvalue weighted by Crippen LogP contribution is 2.21. The molecule has 0 aliphatic heterocycles. The van der Waals surface area contributed by atoms with Crippen molar-refractivity contribution in [2.75, 3.05) is 6.54 Å². The Hall–Kier alpha value is -2.06. The third kappa shape index (κ3) is 2.72. The first-order valence-corrected chi connectivity index (χ1v) is 4.44. The number of phenolic OH excluding ortho intramolecular Hbond substituents is 1. The van der Waals surface area contributed by atoms with Crippen LogP contribution in [0.1, 0.15) is 11.6 Å². The normalized spacial score (nSPS) is 11.8. The van der Waals surface area contributed by atoms with E-state index in [9.17, 15) is 9.18 Å². The summed E-state index contributed by atoms with van der Waals surface area (Å²) in [5, 5.41) is 20.4. The van der Waals surface area contributed by atoms with Gasteiger partial charge in [0.2, 0.25) is 0 Å². The van der Waals surface area contributed by atoms with E-state index in [1.54, 1.807) is 0 Å². The van der Waals surface area contributed by atoms with Gasteiger partial charge in [0.25, 0.3) is 0 Å². The molecule has 0 radical (unpaired) electrons. The smallest absolute Gasteiger partial charge is 0.325 e. The van der Waals surface area contributed by atoms with Gasteiger partial charge in [-0.15, -0.1) is 6.42 Å². The lowest BCUT2D eigenvalue weighted by atomic mass is 10.1. The second kappa shape index (κ2) is 5.14. The number of nitrogens with one attached hydrogen (secondary N) is 1. The predicted molar refractivity (Wildman–Crippen MR) is 55.3 cm³/mol. The summed E-state index contributed by atoms with van der Waals surface area (Å²) < 4.78 is 13.0. The van der Waals surface area contributed by atoms with Crippen molar-refractivity contribution in [1.82, 2.24) is 5.32 Å². The van der Waals surface area contributed by atoms with Crippen molar-refractivity contribution in [2.24, 2.45) is 0 Å². The highest BCUT2D eigenvalue weighted by Gasteiger charge is 2.19. The van der Waals surface area contributed by atoms with Gasteiger partial charge in [0, 0.05) is 0 Å². The maximum absolute atomic E-state index is 13.0. The number of hydrogen-bond acceptors (Lipinski definition) is 3. The van der Waals surface area contributed by atoms with Crippen LogP contribution < -0.4 is 5.32 Å². The number of terminal acetylenes is 1. The van der Waals surface area contributed by atoms with Gasteiger partial charge in [-0.3, -0.25) is 10.1 Å². The topological polar surface area (TPSA) is 69.6 Å². The number of rotatable bonds is 4. The monoisotopic (exact) mass is 223 g/mol. The number of phenols is 1. The summed E-state index contributed by atoms with van der Waals surface area (Å²) in [6.07, 6.45) is 4.99. The van der Waals surface area contributed by atoms with E-state index in [4.69, 9.17) is 16.6 Å². The fourth-order valence-electron chi connectivity index (χ4n) is 1.21. The first-order valence-electron chi connectivity index (χ1n) is 4.44. The van der Waals surface area contributed by atoms with Crippen molar-refractivity contribution in [3.63, 3.8) is 0 Å². The number of hydrogen-bond donors (Lipinski definition) is 3. The van der Waals surface area contributed by atoms with Crippen LogP contribution in [0.5, 0.6) is 5.75 Å². The van der Waals surface area contributed by atoms with E-state index in [1.807, 2.05) is 0 Å². The molecular formula is C11H10FNO3. The van der Waals surface area contributed by atoms with Crippen molar-refractivity contribution >= 4 is 5.97 Å². The third-order valence-corrected chi connectivity index (χ3v) is 1.96. The molecule has 84 valence electrons. The molecule has 0 spiro atoms. The summed E-state index contributed by atoms with van der Waals surface area (Å²) in [4.78, 5) is 10.9. The van der Waals surface area contributed by atoms with Crippen molar-refractivity contribution in [1.29, 1.82) is 0 Å². The first-order chi connectivity index (χ1) is 7.56. The van der Waals surface area contributed by atoms with Crippen LogP contribution in [0, 0.1) is 18.2 Å². The fourth-order valence-corrected chi connectivity index (χ4v) is 1.21. The minimum Gasteiger partial charge on any atom is -0.505 e. The van der Waals surface area contributed by atoms with E-state index in [1.165, 1.54) is 6.07 Å². The summed E-state index contributed by atoms with van der Waals surface area (Å²) in [6.45, 7) is 0.0550. The molecule has 0 saturated heterocycles. The zero-order valence-corrected chi connectivity index (χ0v) is 8.27. The summed E-state index contributed by atoms with van der Waals surface area (Å²) in [7, 11) is 0. The number of benzene rings is 1. The lowest BCUT2D eigenvalue weighted by Crippen LogP contribution is -2.28. The minimum atomic E-state index is -1.17. The van der Waals surface area contributed by atoms with Gasteiger partial charge in [-0.25, -0.2) is 4.39 Å². The molecular weight excluding hydrogens is 213 g/mol. The molecule has 0 fully saturated rings. The molecule has 0 aliphatic rings. The lowest BCUT2D eigenvalue weighted by molar-refractivity contribution is -0.139. The highest BCUT2D eigenvalue weighted by atomic mass is 19.1. The minimum absolute atomic E-state index is 0.0550. The summed E-state index contributed by atoms with van der Waals surface area (Å²) in [5.74, 6) is -0.328. The van der Waals surface area contributed by atoms with Crippen LogP contribution in [0.25, 0.3) is 0 Å². The summed E-state index contributed by atoms with van der Waals surface area (Å²) in [5.41, 5.74) is 0.193. The predicted octanol–water partition coefficient (Wildman–Crippen LogP) is 0.880. The van der Waals surface area contributed by atoms with Crippen molar-refractivity contribution < 1.29 is 19.4 Å². The number of carboxylic acid groups (broad SMARTS) is 1. The van der Waals surface area contributed by atoms with Crippen LogP contribution in [-0.4, -0.2) is 22.7 Å². The third-order valence-electron chi connectivity index (χ3n) is 1.96. The Labute approximate surface area is 91.7 Å². The van der Waals surface area contributed by atoms with Crippen molar-refractivity contribution in [3.8, 4) is 18.1 Å². The molecule has 1 aromatic carbocycles. The molecule has 0 aromatic heterocycles. The maximum atomic E-state index is 13.0. The number of carboxylic acids is 1. The van der Waals surface area contributed by atoms with Gasteiger partial charge in [0.1, 0.15) is 6.04 Å². The zero-order valence-electron chi connectivity index (χ0n) is 8.27. The van der Waals surface area contributed by atoms with E-state index in [2.05, 4.69) is 11.2 Å².